The Labute approximate surface area is 130 Å². The molecule has 0 radical (unpaired) electrons. The van der Waals surface area contributed by atoms with Gasteiger partial charge in [-0.15, -0.1) is 0 Å². The summed E-state index contributed by atoms with van der Waals surface area (Å²) in [6, 6.07) is 10.5. The number of pyridine rings is 1. The highest BCUT2D eigenvalue weighted by molar-refractivity contribution is 8.14. The first-order valence-electron chi connectivity index (χ1n) is 7.15. The maximum atomic E-state index is 4.68. The number of aromatic nitrogens is 1. The van der Waals surface area contributed by atoms with Crippen LogP contribution in [0.2, 0.25) is 0 Å². The molecule has 0 atom stereocenters. The number of anilines is 1. The summed E-state index contributed by atoms with van der Waals surface area (Å²) in [7, 11) is 0. The summed E-state index contributed by atoms with van der Waals surface area (Å²) < 4.78 is 0. The summed E-state index contributed by atoms with van der Waals surface area (Å²) in [5.41, 5.74) is 5.05. The van der Waals surface area contributed by atoms with E-state index in [4.69, 9.17) is 0 Å². The van der Waals surface area contributed by atoms with Gasteiger partial charge in [-0.2, -0.15) is 0 Å². The summed E-state index contributed by atoms with van der Waals surface area (Å²) in [5, 5.41) is 1.12. The highest BCUT2D eigenvalue weighted by atomic mass is 32.2. The lowest BCUT2D eigenvalue weighted by Crippen LogP contribution is -2.28. The Morgan fingerprint density at radius 1 is 1.14 bits per heavy atom. The molecule has 2 aromatic rings. The monoisotopic (exact) mass is 297 g/mol. The van der Waals surface area contributed by atoms with Gasteiger partial charge in [-0.25, -0.2) is 0 Å². The number of rotatable bonds is 3. The predicted molar refractivity (Wildman–Crippen MR) is 91.1 cm³/mol. The van der Waals surface area contributed by atoms with Crippen molar-refractivity contribution in [2.24, 2.45) is 4.99 Å². The Morgan fingerprint density at radius 3 is 2.57 bits per heavy atom. The summed E-state index contributed by atoms with van der Waals surface area (Å²) in [6.45, 7) is 6.05. The molecule has 0 spiro atoms. The third-order valence-electron chi connectivity index (χ3n) is 3.57. The van der Waals surface area contributed by atoms with Crippen LogP contribution in [0, 0.1) is 13.8 Å². The van der Waals surface area contributed by atoms with Gasteiger partial charge in [0.1, 0.15) is 0 Å². The van der Waals surface area contributed by atoms with E-state index in [9.17, 15) is 0 Å². The maximum absolute atomic E-state index is 4.68. The standard InChI is InChI=1S/C17H19N3S/c1-13-5-3-6-14(2)16(13)20(17-19-9-10-21-17)12-15-7-4-8-18-11-15/h3-8,11H,9-10,12H2,1-2H3. The second kappa shape index (κ2) is 6.31. The third-order valence-corrected chi connectivity index (χ3v) is 4.57. The van der Waals surface area contributed by atoms with Gasteiger partial charge in [-0.1, -0.05) is 36.0 Å². The van der Waals surface area contributed by atoms with Crippen LogP contribution in [0.1, 0.15) is 16.7 Å². The summed E-state index contributed by atoms with van der Waals surface area (Å²) >= 11 is 1.84. The molecule has 3 nitrogen and oxygen atoms in total. The number of aliphatic imine (C=N–C) groups is 1. The Hall–Kier alpha value is -1.81. The lowest BCUT2D eigenvalue weighted by molar-refractivity contribution is 0.981. The summed E-state index contributed by atoms with van der Waals surface area (Å²) in [5.74, 6) is 1.07. The van der Waals surface area contributed by atoms with Crippen molar-refractivity contribution in [1.82, 2.24) is 4.98 Å². The fraction of sp³-hybridized carbons (Fsp3) is 0.294. The van der Waals surface area contributed by atoms with Gasteiger partial charge in [0.2, 0.25) is 0 Å². The fourth-order valence-corrected chi connectivity index (χ4v) is 3.49. The Kier molecular flexibility index (Phi) is 4.25. The van der Waals surface area contributed by atoms with Gasteiger partial charge in [0.05, 0.1) is 13.1 Å². The van der Waals surface area contributed by atoms with Crippen molar-refractivity contribution in [3.8, 4) is 0 Å². The Balaban J connectivity index is 2.00. The van der Waals surface area contributed by atoms with E-state index >= 15 is 0 Å². The van der Waals surface area contributed by atoms with Crippen LogP contribution in [0.4, 0.5) is 5.69 Å². The van der Waals surface area contributed by atoms with E-state index in [-0.39, 0.29) is 0 Å². The van der Waals surface area contributed by atoms with Crippen molar-refractivity contribution >= 4 is 22.6 Å². The van der Waals surface area contributed by atoms with Crippen LogP contribution in [0.3, 0.4) is 0 Å². The molecule has 0 N–H and O–H groups in total. The average molecular weight is 297 g/mol. The smallest absolute Gasteiger partial charge is 0.164 e. The van der Waals surface area contributed by atoms with Crippen molar-refractivity contribution in [1.29, 1.82) is 0 Å². The van der Waals surface area contributed by atoms with Gasteiger partial charge in [-0.3, -0.25) is 9.98 Å². The molecule has 2 heterocycles. The molecule has 0 fully saturated rings. The first kappa shape index (κ1) is 14.1. The number of aryl methyl sites for hydroxylation is 2. The molecule has 21 heavy (non-hydrogen) atoms. The number of amidine groups is 1. The lowest BCUT2D eigenvalue weighted by Gasteiger charge is -2.27. The molecule has 0 saturated carbocycles. The zero-order valence-electron chi connectivity index (χ0n) is 12.4. The molecule has 0 saturated heterocycles. The number of nitrogens with zero attached hydrogens (tertiary/aromatic N) is 3. The van der Waals surface area contributed by atoms with Gasteiger partial charge in [0.15, 0.2) is 5.17 Å². The van der Waals surface area contributed by atoms with E-state index < -0.39 is 0 Å². The molecule has 0 unspecified atom stereocenters. The first-order valence-corrected chi connectivity index (χ1v) is 8.14. The van der Waals surface area contributed by atoms with Crippen LogP contribution in [-0.2, 0) is 6.54 Å². The normalized spacial score (nSPS) is 14.1. The topological polar surface area (TPSA) is 28.5 Å². The zero-order valence-corrected chi connectivity index (χ0v) is 13.2. The van der Waals surface area contributed by atoms with Gasteiger partial charge in [0.25, 0.3) is 0 Å². The largest absolute Gasteiger partial charge is 0.316 e. The molecule has 108 valence electrons. The van der Waals surface area contributed by atoms with Crippen LogP contribution < -0.4 is 4.90 Å². The van der Waals surface area contributed by atoms with E-state index in [1.54, 1.807) is 0 Å². The molecule has 0 bridgehead atoms. The van der Waals surface area contributed by atoms with Crippen LogP contribution >= 0.6 is 11.8 Å². The van der Waals surface area contributed by atoms with Crippen LogP contribution in [0.25, 0.3) is 0 Å². The second-order valence-corrected chi connectivity index (χ2v) is 6.26. The molecular weight excluding hydrogens is 278 g/mol. The zero-order chi connectivity index (χ0) is 14.7. The molecule has 0 aliphatic carbocycles. The van der Waals surface area contributed by atoms with Gasteiger partial charge < -0.3 is 4.90 Å². The molecule has 1 aromatic carbocycles. The maximum Gasteiger partial charge on any atom is 0.164 e. The molecule has 0 amide bonds. The minimum absolute atomic E-state index is 0.811. The molecule has 4 heteroatoms. The average Bonchev–Trinajstić information content (AvgIpc) is 3.01. The van der Waals surface area contributed by atoms with Crippen molar-refractivity contribution < 1.29 is 0 Å². The minimum Gasteiger partial charge on any atom is -0.316 e. The molecule has 1 aliphatic rings. The molecular formula is C17H19N3S. The third kappa shape index (κ3) is 3.10. The number of benzene rings is 1. The van der Waals surface area contributed by atoms with E-state index in [0.717, 1.165) is 24.0 Å². The minimum atomic E-state index is 0.811. The highest BCUT2D eigenvalue weighted by Crippen LogP contribution is 2.30. The SMILES string of the molecule is Cc1cccc(C)c1N(Cc1cccnc1)C1=NCCS1. The number of hydrogen-bond acceptors (Lipinski definition) is 4. The fourth-order valence-electron chi connectivity index (χ4n) is 2.64. The van der Waals surface area contributed by atoms with E-state index in [1.165, 1.54) is 22.4 Å². The van der Waals surface area contributed by atoms with Crippen molar-refractivity contribution in [2.75, 3.05) is 17.2 Å². The van der Waals surface area contributed by atoms with Crippen molar-refractivity contribution in [2.45, 2.75) is 20.4 Å². The molecule has 1 aliphatic heterocycles. The summed E-state index contributed by atoms with van der Waals surface area (Å²) in [4.78, 5) is 11.2. The lowest BCUT2D eigenvalue weighted by atomic mass is 10.1. The predicted octanol–water partition coefficient (Wildman–Crippen LogP) is 3.81. The van der Waals surface area contributed by atoms with Crippen LogP contribution in [-0.4, -0.2) is 22.4 Å². The van der Waals surface area contributed by atoms with Gasteiger partial charge >= 0.3 is 0 Å². The van der Waals surface area contributed by atoms with E-state index in [1.807, 2.05) is 30.2 Å². The van der Waals surface area contributed by atoms with Crippen LogP contribution in [0.15, 0.2) is 47.7 Å². The Morgan fingerprint density at radius 2 is 1.95 bits per heavy atom. The van der Waals surface area contributed by atoms with Crippen molar-refractivity contribution in [3.05, 3.63) is 59.4 Å². The van der Waals surface area contributed by atoms with Gasteiger partial charge in [0, 0.05) is 23.8 Å². The van der Waals surface area contributed by atoms with Crippen LogP contribution in [0.5, 0.6) is 0 Å². The first-order chi connectivity index (χ1) is 10.3. The molecule has 1 aromatic heterocycles. The van der Waals surface area contributed by atoms with E-state index in [0.29, 0.717) is 0 Å². The summed E-state index contributed by atoms with van der Waals surface area (Å²) in [6.07, 6.45) is 3.75. The van der Waals surface area contributed by atoms with Gasteiger partial charge in [-0.05, 0) is 36.6 Å². The highest BCUT2D eigenvalue weighted by Gasteiger charge is 2.21. The van der Waals surface area contributed by atoms with Crippen molar-refractivity contribution in [3.63, 3.8) is 0 Å². The Bertz CT molecular complexity index is 632. The quantitative estimate of drug-likeness (QED) is 0.862. The number of hydrogen-bond donors (Lipinski definition) is 0. The van der Waals surface area contributed by atoms with E-state index in [2.05, 4.69) is 53.0 Å². The second-order valence-electron chi connectivity index (χ2n) is 5.20. The number of thioether (sulfide) groups is 1. The number of para-hydroxylation sites is 1. The molecule has 3 rings (SSSR count).